The lowest BCUT2D eigenvalue weighted by Crippen LogP contribution is -2.28. The maximum Gasteiger partial charge on any atom is 0.259 e. The van der Waals surface area contributed by atoms with Crippen molar-refractivity contribution >= 4 is 11.7 Å². The van der Waals surface area contributed by atoms with Crippen molar-refractivity contribution < 1.29 is 9.53 Å². The van der Waals surface area contributed by atoms with Gasteiger partial charge in [-0.1, -0.05) is 12.1 Å². The molecule has 0 saturated heterocycles. The van der Waals surface area contributed by atoms with Crippen molar-refractivity contribution in [3.8, 4) is 5.75 Å². The number of likely N-dealkylation sites (N-methyl/N-ethyl adjacent to an activating group) is 1. The van der Waals surface area contributed by atoms with E-state index in [-0.39, 0.29) is 12.5 Å². The average Bonchev–Trinajstić information content (AvgIpc) is 2.89. The summed E-state index contributed by atoms with van der Waals surface area (Å²) in [6, 6.07) is 7.60. The number of ether oxygens (including phenoxy) is 1. The molecule has 1 aliphatic heterocycles. The summed E-state index contributed by atoms with van der Waals surface area (Å²) >= 11 is 0. The van der Waals surface area contributed by atoms with Gasteiger partial charge in [-0.2, -0.15) is 0 Å². The fourth-order valence-corrected chi connectivity index (χ4v) is 1.64. The van der Waals surface area contributed by atoms with Crippen LogP contribution in [0.2, 0.25) is 0 Å². The highest BCUT2D eigenvalue weighted by Gasteiger charge is 2.14. The molecule has 1 aromatic carbocycles. The van der Waals surface area contributed by atoms with Crippen molar-refractivity contribution in [1.29, 1.82) is 0 Å². The average molecular weight is 247 g/mol. The van der Waals surface area contributed by atoms with E-state index in [4.69, 9.17) is 4.74 Å². The van der Waals surface area contributed by atoms with Crippen molar-refractivity contribution in [3.63, 3.8) is 0 Å². The van der Waals surface area contributed by atoms with E-state index in [2.05, 4.69) is 10.3 Å². The number of rotatable bonds is 4. The fourth-order valence-electron chi connectivity index (χ4n) is 1.64. The Hall–Kier alpha value is -2.04. The number of carbonyl (C=O) groups is 1. The number of benzene rings is 1. The molecule has 18 heavy (non-hydrogen) atoms. The largest absolute Gasteiger partial charge is 0.483 e. The lowest BCUT2D eigenvalue weighted by molar-refractivity contribution is -0.130. The highest BCUT2D eigenvalue weighted by atomic mass is 16.5. The lowest BCUT2D eigenvalue weighted by Gasteiger charge is -2.14. The molecule has 1 aromatic rings. The Bertz CT molecular complexity index is 469. The van der Waals surface area contributed by atoms with E-state index in [1.54, 1.807) is 14.1 Å². The first kappa shape index (κ1) is 12.4. The van der Waals surface area contributed by atoms with Crippen LogP contribution in [0.1, 0.15) is 5.56 Å². The predicted octanol–water partition coefficient (Wildman–Crippen LogP) is 0.503. The summed E-state index contributed by atoms with van der Waals surface area (Å²) in [5, 5.41) is 3.20. The van der Waals surface area contributed by atoms with Crippen molar-refractivity contribution in [2.45, 2.75) is 0 Å². The predicted molar refractivity (Wildman–Crippen MR) is 70.0 cm³/mol. The molecule has 0 bridgehead atoms. The number of amidine groups is 1. The second kappa shape index (κ2) is 5.53. The number of nitrogens with one attached hydrogen (secondary N) is 1. The summed E-state index contributed by atoms with van der Waals surface area (Å²) in [4.78, 5) is 17.4. The standard InChI is InChI=1S/C13H17N3O2/c1-16(2)12(17)9-18-11-6-4-3-5-10(11)13-14-7-8-15-13/h3-6H,7-9H2,1-2H3,(H,14,15). The van der Waals surface area contributed by atoms with E-state index in [9.17, 15) is 4.79 Å². The third kappa shape index (κ3) is 2.80. The maximum absolute atomic E-state index is 11.5. The van der Waals surface area contributed by atoms with Crippen LogP contribution in [-0.4, -0.2) is 50.4 Å². The fraction of sp³-hybridized carbons (Fsp3) is 0.385. The first-order chi connectivity index (χ1) is 8.68. The molecule has 1 N–H and O–H groups in total. The van der Waals surface area contributed by atoms with Gasteiger partial charge in [-0.05, 0) is 12.1 Å². The first-order valence-corrected chi connectivity index (χ1v) is 5.89. The third-order valence-corrected chi connectivity index (χ3v) is 2.67. The molecule has 0 saturated carbocycles. The number of para-hydroxylation sites is 1. The number of nitrogens with zero attached hydrogens (tertiary/aromatic N) is 2. The second-order valence-electron chi connectivity index (χ2n) is 4.23. The van der Waals surface area contributed by atoms with E-state index < -0.39 is 0 Å². The highest BCUT2D eigenvalue weighted by Crippen LogP contribution is 2.19. The van der Waals surface area contributed by atoms with Gasteiger partial charge in [-0.25, -0.2) is 0 Å². The summed E-state index contributed by atoms with van der Waals surface area (Å²) in [5.41, 5.74) is 0.904. The molecule has 1 heterocycles. The van der Waals surface area contributed by atoms with Gasteiger partial charge in [-0.3, -0.25) is 9.79 Å². The van der Waals surface area contributed by atoms with Crippen LogP contribution in [-0.2, 0) is 4.79 Å². The molecule has 0 fully saturated rings. The zero-order valence-corrected chi connectivity index (χ0v) is 10.6. The molecule has 0 unspecified atom stereocenters. The maximum atomic E-state index is 11.5. The third-order valence-electron chi connectivity index (χ3n) is 2.67. The van der Waals surface area contributed by atoms with Crippen LogP contribution < -0.4 is 10.1 Å². The van der Waals surface area contributed by atoms with Crippen molar-refractivity contribution in [2.75, 3.05) is 33.8 Å². The molecule has 5 heteroatoms. The van der Waals surface area contributed by atoms with E-state index in [0.29, 0.717) is 5.75 Å². The number of hydrogen-bond acceptors (Lipinski definition) is 4. The van der Waals surface area contributed by atoms with E-state index in [0.717, 1.165) is 24.5 Å². The quantitative estimate of drug-likeness (QED) is 0.843. The Morgan fingerprint density at radius 3 is 2.89 bits per heavy atom. The van der Waals surface area contributed by atoms with Gasteiger partial charge >= 0.3 is 0 Å². The van der Waals surface area contributed by atoms with Gasteiger partial charge in [0.2, 0.25) is 0 Å². The minimum atomic E-state index is -0.0638. The zero-order valence-electron chi connectivity index (χ0n) is 10.6. The summed E-state index contributed by atoms with van der Waals surface area (Å²) in [5.74, 6) is 1.45. The molecule has 0 atom stereocenters. The summed E-state index contributed by atoms with van der Waals surface area (Å²) in [6.07, 6.45) is 0. The number of aliphatic imine (C=N–C) groups is 1. The molecular weight excluding hydrogens is 230 g/mol. The normalized spacial score (nSPS) is 13.8. The molecule has 1 aliphatic rings. The van der Waals surface area contributed by atoms with Gasteiger partial charge in [0, 0.05) is 20.6 Å². The summed E-state index contributed by atoms with van der Waals surface area (Å²) in [6.45, 7) is 1.66. The van der Waals surface area contributed by atoms with Gasteiger partial charge in [-0.15, -0.1) is 0 Å². The molecule has 5 nitrogen and oxygen atoms in total. The second-order valence-corrected chi connectivity index (χ2v) is 4.23. The first-order valence-electron chi connectivity index (χ1n) is 5.89. The molecule has 0 aliphatic carbocycles. The Labute approximate surface area is 106 Å². The van der Waals surface area contributed by atoms with Crippen LogP contribution in [0.3, 0.4) is 0 Å². The highest BCUT2D eigenvalue weighted by molar-refractivity contribution is 6.02. The van der Waals surface area contributed by atoms with Crippen LogP contribution in [0.4, 0.5) is 0 Å². The van der Waals surface area contributed by atoms with Crippen molar-refractivity contribution in [2.24, 2.45) is 4.99 Å². The molecule has 2 rings (SSSR count). The Kier molecular flexibility index (Phi) is 3.82. The van der Waals surface area contributed by atoms with Crippen molar-refractivity contribution in [3.05, 3.63) is 29.8 Å². The molecular formula is C13H17N3O2. The Morgan fingerprint density at radius 1 is 1.44 bits per heavy atom. The molecule has 1 amide bonds. The summed E-state index contributed by atoms with van der Waals surface area (Å²) in [7, 11) is 3.42. The molecule has 0 radical (unpaired) electrons. The van der Waals surface area contributed by atoms with E-state index >= 15 is 0 Å². The van der Waals surface area contributed by atoms with E-state index in [1.165, 1.54) is 4.90 Å². The minimum absolute atomic E-state index is 0.0390. The minimum Gasteiger partial charge on any atom is -0.483 e. The van der Waals surface area contributed by atoms with Gasteiger partial charge in [0.1, 0.15) is 11.6 Å². The monoisotopic (exact) mass is 247 g/mol. The van der Waals surface area contributed by atoms with Crippen LogP contribution in [0.25, 0.3) is 0 Å². The van der Waals surface area contributed by atoms with Crippen LogP contribution in [0.15, 0.2) is 29.3 Å². The number of amides is 1. The van der Waals surface area contributed by atoms with Gasteiger partial charge in [0.15, 0.2) is 6.61 Å². The summed E-state index contributed by atoms with van der Waals surface area (Å²) < 4.78 is 5.56. The van der Waals surface area contributed by atoms with Crippen LogP contribution in [0, 0.1) is 0 Å². The number of hydrogen-bond donors (Lipinski definition) is 1. The van der Waals surface area contributed by atoms with E-state index in [1.807, 2.05) is 24.3 Å². The van der Waals surface area contributed by atoms with Crippen LogP contribution in [0.5, 0.6) is 5.75 Å². The Morgan fingerprint density at radius 2 is 2.22 bits per heavy atom. The topological polar surface area (TPSA) is 53.9 Å². The zero-order chi connectivity index (χ0) is 13.0. The molecule has 0 spiro atoms. The van der Waals surface area contributed by atoms with Gasteiger partial charge < -0.3 is 15.0 Å². The van der Waals surface area contributed by atoms with Crippen LogP contribution >= 0.6 is 0 Å². The smallest absolute Gasteiger partial charge is 0.259 e. The van der Waals surface area contributed by atoms with Gasteiger partial charge in [0.25, 0.3) is 5.91 Å². The Balaban J connectivity index is 2.10. The SMILES string of the molecule is CN(C)C(=O)COc1ccccc1C1=NCCN1. The molecule has 0 aromatic heterocycles. The molecule has 96 valence electrons. The van der Waals surface area contributed by atoms with Crippen molar-refractivity contribution in [1.82, 2.24) is 10.2 Å². The van der Waals surface area contributed by atoms with Gasteiger partial charge in [0.05, 0.1) is 12.1 Å². The lowest BCUT2D eigenvalue weighted by atomic mass is 10.2. The number of carbonyl (C=O) groups excluding carboxylic acids is 1.